The van der Waals surface area contributed by atoms with Gasteiger partial charge in [-0.3, -0.25) is 4.79 Å². The quantitative estimate of drug-likeness (QED) is 0.868. The van der Waals surface area contributed by atoms with Crippen molar-refractivity contribution < 1.29 is 4.79 Å². The van der Waals surface area contributed by atoms with Gasteiger partial charge in [-0.15, -0.1) is 0 Å². The van der Waals surface area contributed by atoms with E-state index in [0.717, 1.165) is 0 Å². The van der Waals surface area contributed by atoms with E-state index < -0.39 is 0 Å². The lowest BCUT2D eigenvalue weighted by Crippen LogP contribution is -2.34. The second-order valence-electron chi connectivity index (χ2n) is 4.24. The predicted octanol–water partition coefficient (Wildman–Crippen LogP) is 3.20. The van der Waals surface area contributed by atoms with E-state index in [9.17, 15) is 4.79 Å². The SMILES string of the molecule is CCN(CC(C)C#N)C(=O)c1cc(N)cc(Cl)c1Cl. The summed E-state index contributed by atoms with van der Waals surface area (Å²) < 4.78 is 0. The van der Waals surface area contributed by atoms with Gasteiger partial charge >= 0.3 is 0 Å². The van der Waals surface area contributed by atoms with Crippen molar-refractivity contribution in [1.82, 2.24) is 4.90 Å². The monoisotopic (exact) mass is 299 g/mol. The third-order valence-electron chi connectivity index (χ3n) is 2.66. The minimum absolute atomic E-state index is 0.184. The van der Waals surface area contributed by atoms with Gasteiger partial charge in [-0.05, 0) is 26.0 Å². The Hall–Kier alpha value is -1.44. The summed E-state index contributed by atoms with van der Waals surface area (Å²) in [6, 6.07) is 5.09. The van der Waals surface area contributed by atoms with Crippen LogP contribution in [0.1, 0.15) is 24.2 Å². The molecule has 0 saturated carbocycles. The molecule has 0 spiro atoms. The molecule has 2 N–H and O–H groups in total. The number of hydrogen-bond acceptors (Lipinski definition) is 3. The van der Waals surface area contributed by atoms with E-state index in [1.807, 2.05) is 6.92 Å². The molecular formula is C13H15Cl2N3O. The molecule has 0 fully saturated rings. The first-order chi connectivity index (χ1) is 8.90. The molecule has 4 nitrogen and oxygen atoms in total. The molecule has 0 aliphatic rings. The van der Waals surface area contributed by atoms with E-state index in [4.69, 9.17) is 34.2 Å². The molecule has 1 unspecified atom stereocenters. The Morgan fingerprint density at radius 2 is 2.16 bits per heavy atom. The van der Waals surface area contributed by atoms with Crippen molar-refractivity contribution in [3.8, 4) is 6.07 Å². The van der Waals surface area contributed by atoms with Gasteiger partial charge in [-0.25, -0.2) is 0 Å². The maximum Gasteiger partial charge on any atom is 0.255 e. The van der Waals surface area contributed by atoms with Crippen molar-refractivity contribution >= 4 is 34.8 Å². The number of nitrogens with zero attached hydrogens (tertiary/aromatic N) is 2. The zero-order valence-corrected chi connectivity index (χ0v) is 12.3. The zero-order chi connectivity index (χ0) is 14.6. The van der Waals surface area contributed by atoms with Gasteiger partial charge in [0.2, 0.25) is 0 Å². The largest absolute Gasteiger partial charge is 0.399 e. The van der Waals surface area contributed by atoms with Crippen LogP contribution < -0.4 is 5.73 Å². The summed E-state index contributed by atoms with van der Waals surface area (Å²) in [6.45, 7) is 4.41. The Morgan fingerprint density at radius 1 is 1.53 bits per heavy atom. The number of anilines is 1. The van der Waals surface area contributed by atoms with E-state index in [0.29, 0.717) is 18.8 Å². The lowest BCUT2D eigenvalue weighted by atomic mass is 10.1. The molecule has 0 bridgehead atoms. The van der Waals surface area contributed by atoms with Crippen molar-refractivity contribution in [2.45, 2.75) is 13.8 Å². The molecule has 0 saturated heterocycles. The molecule has 6 heteroatoms. The number of nitriles is 1. The highest BCUT2D eigenvalue weighted by Crippen LogP contribution is 2.29. The first kappa shape index (κ1) is 15.6. The van der Waals surface area contributed by atoms with E-state index >= 15 is 0 Å². The molecule has 0 radical (unpaired) electrons. The van der Waals surface area contributed by atoms with Crippen LogP contribution in [0.15, 0.2) is 12.1 Å². The summed E-state index contributed by atoms with van der Waals surface area (Å²) in [6.07, 6.45) is 0. The van der Waals surface area contributed by atoms with E-state index in [2.05, 4.69) is 6.07 Å². The Labute approximate surface area is 122 Å². The fourth-order valence-electron chi connectivity index (χ4n) is 1.66. The van der Waals surface area contributed by atoms with Gasteiger partial charge in [0.05, 0.1) is 27.6 Å². The fourth-order valence-corrected chi connectivity index (χ4v) is 2.08. The number of halogens is 2. The van der Waals surface area contributed by atoms with Crippen molar-refractivity contribution in [3.63, 3.8) is 0 Å². The number of hydrogen-bond donors (Lipinski definition) is 1. The van der Waals surface area contributed by atoms with Gasteiger partial charge in [-0.1, -0.05) is 23.2 Å². The third-order valence-corrected chi connectivity index (χ3v) is 3.47. The van der Waals surface area contributed by atoms with Crippen molar-refractivity contribution in [3.05, 3.63) is 27.7 Å². The van der Waals surface area contributed by atoms with Crippen molar-refractivity contribution in [1.29, 1.82) is 5.26 Å². The number of carbonyl (C=O) groups is 1. The molecule has 0 heterocycles. The molecule has 0 aliphatic carbocycles. The standard InChI is InChI=1S/C13H15Cl2N3O/c1-3-18(7-8(2)6-16)13(19)10-4-9(17)5-11(14)12(10)15/h4-5,8H,3,7,17H2,1-2H3. The first-order valence-electron chi connectivity index (χ1n) is 5.84. The Morgan fingerprint density at radius 3 is 2.68 bits per heavy atom. The molecule has 19 heavy (non-hydrogen) atoms. The van der Waals surface area contributed by atoms with Crippen LogP contribution in [0.2, 0.25) is 10.0 Å². The molecule has 0 aliphatic heterocycles. The number of carbonyl (C=O) groups excluding carboxylic acids is 1. The minimum atomic E-state index is -0.274. The van der Waals surface area contributed by atoms with Crippen LogP contribution in [0.4, 0.5) is 5.69 Å². The van der Waals surface area contributed by atoms with Crippen LogP contribution in [0.5, 0.6) is 0 Å². The Kier molecular flexibility index (Phi) is 5.46. The van der Waals surface area contributed by atoms with Crippen LogP contribution in [-0.2, 0) is 0 Å². The zero-order valence-electron chi connectivity index (χ0n) is 10.8. The van der Waals surface area contributed by atoms with Gasteiger partial charge in [0.15, 0.2) is 0 Å². The maximum absolute atomic E-state index is 12.4. The molecule has 102 valence electrons. The van der Waals surface area contributed by atoms with Crippen LogP contribution in [0, 0.1) is 17.2 Å². The van der Waals surface area contributed by atoms with Gasteiger partial charge in [0, 0.05) is 18.8 Å². The molecule has 1 aromatic rings. The highest BCUT2D eigenvalue weighted by molar-refractivity contribution is 6.44. The summed E-state index contributed by atoms with van der Waals surface area (Å²) in [5.41, 5.74) is 6.31. The average molecular weight is 300 g/mol. The van der Waals surface area contributed by atoms with Gasteiger partial charge < -0.3 is 10.6 Å². The van der Waals surface area contributed by atoms with E-state index in [-0.39, 0.29) is 27.4 Å². The van der Waals surface area contributed by atoms with Crippen LogP contribution in [0.3, 0.4) is 0 Å². The first-order valence-corrected chi connectivity index (χ1v) is 6.59. The lowest BCUT2D eigenvalue weighted by molar-refractivity contribution is 0.0753. The molecular weight excluding hydrogens is 285 g/mol. The number of nitrogens with two attached hydrogens (primary N) is 1. The highest BCUT2D eigenvalue weighted by Gasteiger charge is 2.20. The number of rotatable bonds is 4. The van der Waals surface area contributed by atoms with Crippen molar-refractivity contribution in [2.24, 2.45) is 5.92 Å². The molecule has 1 amide bonds. The summed E-state index contributed by atoms with van der Waals surface area (Å²) in [4.78, 5) is 13.9. The van der Waals surface area contributed by atoms with Crippen LogP contribution in [0.25, 0.3) is 0 Å². The summed E-state index contributed by atoms with van der Waals surface area (Å²) >= 11 is 11.9. The third kappa shape index (κ3) is 3.76. The lowest BCUT2D eigenvalue weighted by Gasteiger charge is -2.22. The fraction of sp³-hybridized carbons (Fsp3) is 0.385. The van der Waals surface area contributed by atoms with Gasteiger partial charge in [-0.2, -0.15) is 5.26 Å². The van der Waals surface area contributed by atoms with E-state index in [1.165, 1.54) is 12.1 Å². The Balaban J connectivity index is 3.08. The normalized spacial score (nSPS) is 11.7. The van der Waals surface area contributed by atoms with Gasteiger partial charge in [0.25, 0.3) is 5.91 Å². The van der Waals surface area contributed by atoms with Crippen LogP contribution in [-0.4, -0.2) is 23.9 Å². The molecule has 0 aromatic heterocycles. The Bertz CT molecular complexity index is 525. The molecule has 1 aromatic carbocycles. The predicted molar refractivity (Wildman–Crippen MR) is 77.2 cm³/mol. The van der Waals surface area contributed by atoms with E-state index in [1.54, 1.807) is 11.8 Å². The topological polar surface area (TPSA) is 70.1 Å². The second-order valence-corrected chi connectivity index (χ2v) is 5.02. The second kappa shape index (κ2) is 6.65. The summed E-state index contributed by atoms with van der Waals surface area (Å²) in [7, 11) is 0. The number of amides is 1. The summed E-state index contributed by atoms with van der Waals surface area (Å²) in [5, 5.41) is 9.25. The summed E-state index contributed by atoms with van der Waals surface area (Å²) in [5.74, 6) is -0.525. The molecule has 1 atom stereocenters. The number of benzene rings is 1. The minimum Gasteiger partial charge on any atom is -0.399 e. The van der Waals surface area contributed by atoms with Crippen LogP contribution >= 0.6 is 23.2 Å². The van der Waals surface area contributed by atoms with Gasteiger partial charge in [0.1, 0.15) is 0 Å². The highest BCUT2D eigenvalue weighted by atomic mass is 35.5. The number of nitrogen functional groups attached to an aromatic ring is 1. The maximum atomic E-state index is 12.4. The molecule has 1 rings (SSSR count). The average Bonchev–Trinajstić information content (AvgIpc) is 2.38. The van der Waals surface area contributed by atoms with Crippen molar-refractivity contribution in [2.75, 3.05) is 18.8 Å². The smallest absolute Gasteiger partial charge is 0.255 e.